The Morgan fingerprint density at radius 3 is 1.48 bits per heavy atom. The predicted octanol–water partition coefficient (Wildman–Crippen LogP) is 13.6. The lowest BCUT2D eigenvalue weighted by Crippen LogP contribution is -2.45. The molecule has 0 aliphatic carbocycles. The highest BCUT2D eigenvalue weighted by Gasteiger charge is 2.23. The molecule has 8 nitrogen and oxygen atoms in total. The number of nitrogens with zero attached hydrogens (tertiary/aromatic N) is 1. The third-order valence-corrected chi connectivity index (χ3v) is 10.8. The summed E-state index contributed by atoms with van der Waals surface area (Å²) in [4.78, 5) is 25.3. The number of aliphatic hydroxyl groups excluding tert-OH is 1. The van der Waals surface area contributed by atoms with Crippen LogP contribution in [0.3, 0.4) is 0 Å². The number of carbonyl (C=O) groups excluding carboxylic acids is 1. The molecule has 0 fully saturated rings. The first-order valence-corrected chi connectivity index (χ1v) is 25.9. The fourth-order valence-corrected chi connectivity index (χ4v) is 6.75. The van der Waals surface area contributed by atoms with E-state index in [-0.39, 0.29) is 12.5 Å². The van der Waals surface area contributed by atoms with Crippen LogP contribution in [0.5, 0.6) is 0 Å². The largest absolute Gasteiger partial charge is 0.756 e. The highest BCUT2D eigenvalue weighted by molar-refractivity contribution is 7.45. The fourth-order valence-electron chi connectivity index (χ4n) is 6.03. The zero-order chi connectivity index (χ0) is 46.4. The lowest BCUT2D eigenvalue weighted by molar-refractivity contribution is -0.870. The summed E-state index contributed by atoms with van der Waals surface area (Å²) in [6.07, 6.45) is 65.5. The lowest BCUT2D eigenvalue weighted by atomic mass is 10.1. The van der Waals surface area contributed by atoms with Crippen LogP contribution in [0.15, 0.2) is 122 Å². The van der Waals surface area contributed by atoms with Crippen LogP contribution in [0.25, 0.3) is 0 Å². The summed E-state index contributed by atoms with van der Waals surface area (Å²) in [6, 6.07) is -0.923. The van der Waals surface area contributed by atoms with Crippen molar-refractivity contribution < 1.29 is 32.9 Å². The van der Waals surface area contributed by atoms with Crippen molar-refractivity contribution in [3.8, 4) is 0 Å². The van der Waals surface area contributed by atoms with E-state index in [9.17, 15) is 19.4 Å². The van der Waals surface area contributed by atoms with Gasteiger partial charge >= 0.3 is 0 Å². The smallest absolute Gasteiger partial charge is 0.268 e. The molecule has 0 aliphatic heterocycles. The molecule has 0 aromatic heterocycles. The molecule has 0 aromatic carbocycles. The Bertz CT molecular complexity index is 1430. The molecule has 358 valence electrons. The third-order valence-electron chi connectivity index (χ3n) is 9.88. The highest BCUT2D eigenvalue weighted by Crippen LogP contribution is 2.38. The van der Waals surface area contributed by atoms with Gasteiger partial charge in [0.25, 0.3) is 7.82 Å². The van der Waals surface area contributed by atoms with E-state index in [1.54, 1.807) is 6.08 Å². The molecule has 0 spiro atoms. The van der Waals surface area contributed by atoms with Gasteiger partial charge in [0, 0.05) is 6.42 Å². The van der Waals surface area contributed by atoms with E-state index in [1.165, 1.54) is 32.1 Å². The Labute approximate surface area is 386 Å². The molecule has 0 aromatic rings. The zero-order valence-electron chi connectivity index (χ0n) is 40.5. The molecule has 3 atom stereocenters. The maximum Gasteiger partial charge on any atom is 0.268 e. The number of unbranched alkanes of at least 4 members (excludes halogenated alkanes) is 11. The van der Waals surface area contributed by atoms with Gasteiger partial charge in [-0.25, -0.2) is 0 Å². The molecule has 0 saturated heterocycles. The van der Waals surface area contributed by atoms with E-state index >= 15 is 0 Å². The predicted molar refractivity (Wildman–Crippen MR) is 269 cm³/mol. The number of nitrogens with one attached hydrogen (secondary N) is 1. The van der Waals surface area contributed by atoms with E-state index < -0.39 is 26.6 Å². The van der Waals surface area contributed by atoms with Gasteiger partial charge in [-0.1, -0.05) is 180 Å². The molecule has 63 heavy (non-hydrogen) atoms. The number of phosphoric acid groups is 1. The van der Waals surface area contributed by atoms with Gasteiger partial charge in [-0.15, -0.1) is 0 Å². The van der Waals surface area contributed by atoms with Gasteiger partial charge in [-0.3, -0.25) is 9.36 Å². The molecule has 0 radical (unpaired) electrons. The van der Waals surface area contributed by atoms with Crippen LogP contribution in [0.4, 0.5) is 0 Å². The van der Waals surface area contributed by atoms with Gasteiger partial charge in [-0.2, -0.15) is 0 Å². The summed E-state index contributed by atoms with van der Waals surface area (Å²) >= 11 is 0. The molecule has 0 saturated carbocycles. The summed E-state index contributed by atoms with van der Waals surface area (Å²) in [6.45, 7) is 4.41. The van der Waals surface area contributed by atoms with Crippen LogP contribution in [0.2, 0.25) is 0 Å². The van der Waals surface area contributed by atoms with E-state index in [2.05, 4.69) is 129 Å². The first-order chi connectivity index (χ1) is 30.5. The standard InChI is InChI=1S/C54H91N2O6P/c1-6-8-10-12-14-16-18-20-21-22-23-24-25-26-27-28-29-30-31-32-33-34-35-36-38-40-42-44-46-48-54(58)55-52(51-62-63(59,60)61-50-49-56(3,4)5)53(57)47-45-43-41-39-37-19-17-15-13-11-9-7-2/h8,10,13-16,20-21,23-24,26-27,29-30,32-33,37,39,45,47,52-53,57H,6-7,9,11-12,17-19,22,25,28,31,34-36,38,40-44,46,48-51H2,1-5H3,(H-,55,58,59,60)/b10-8-,15-13+,16-14-,21-20-,24-23-,27-26-,30-29-,33-32-,39-37+,47-45+. The molecule has 0 bridgehead atoms. The van der Waals surface area contributed by atoms with E-state index in [0.29, 0.717) is 17.4 Å². The minimum absolute atomic E-state index is 0.0187. The topological polar surface area (TPSA) is 108 Å². The second kappa shape index (κ2) is 44.1. The zero-order valence-corrected chi connectivity index (χ0v) is 41.4. The summed E-state index contributed by atoms with van der Waals surface area (Å²) in [7, 11) is 1.20. The van der Waals surface area contributed by atoms with Crippen LogP contribution >= 0.6 is 7.82 Å². The average molecular weight is 895 g/mol. The number of likely N-dealkylation sites (N-methyl/N-ethyl adjacent to an activating group) is 1. The molecule has 3 unspecified atom stereocenters. The van der Waals surface area contributed by atoms with Gasteiger partial charge in [0.05, 0.1) is 39.9 Å². The van der Waals surface area contributed by atoms with Crippen LogP contribution in [-0.2, 0) is 18.4 Å². The molecule has 1 amide bonds. The number of allylic oxidation sites excluding steroid dienone is 19. The van der Waals surface area contributed by atoms with Crippen molar-refractivity contribution in [1.29, 1.82) is 0 Å². The molecule has 2 N–H and O–H groups in total. The van der Waals surface area contributed by atoms with Crippen molar-refractivity contribution in [2.75, 3.05) is 40.9 Å². The quantitative estimate of drug-likeness (QED) is 0.0273. The van der Waals surface area contributed by atoms with Crippen molar-refractivity contribution in [3.05, 3.63) is 122 Å². The first-order valence-electron chi connectivity index (χ1n) is 24.4. The molecule has 0 heterocycles. The van der Waals surface area contributed by atoms with E-state index in [4.69, 9.17) is 9.05 Å². The number of rotatable bonds is 42. The Balaban J connectivity index is 4.32. The van der Waals surface area contributed by atoms with Gasteiger partial charge in [-0.05, 0) is 96.3 Å². The maximum absolute atomic E-state index is 12.9. The normalized spacial score (nSPS) is 15.2. The number of aliphatic hydroxyl groups is 1. The van der Waals surface area contributed by atoms with Crippen LogP contribution in [0, 0.1) is 0 Å². The molecular weight excluding hydrogens is 804 g/mol. The number of carbonyl (C=O) groups is 1. The fraction of sp³-hybridized carbons (Fsp3) is 0.611. The number of hydrogen-bond donors (Lipinski definition) is 2. The van der Waals surface area contributed by atoms with Crippen molar-refractivity contribution in [1.82, 2.24) is 5.32 Å². The van der Waals surface area contributed by atoms with Crippen LogP contribution in [-0.4, -0.2) is 68.5 Å². The number of amides is 1. The summed E-state index contributed by atoms with van der Waals surface area (Å²) in [5.41, 5.74) is 0. The van der Waals surface area contributed by atoms with Crippen molar-refractivity contribution in [3.63, 3.8) is 0 Å². The SMILES string of the molecule is CC/C=C\C/C=C\C/C=C\C/C=C\C/C=C\C/C=C\C/C=C\CCCCCCCCCC(=O)NC(COP(=O)([O-])OCC[N+](C)(C)C)C(O)/C=C/CC/C=C/CC/C=C/CCCC. The van der Waals surface area contributed by atoms with Gasteiger partial charge in [0.1, 0.15) is 13.2 Å². The van der Waals surface area contributed by atoms with Crippen molar-refractivity contribution >= 4 is 13.7 Å². The van der Waals surface area contributed by atoms with Gasteiger partial charge < -0.3 is 28.8 Å². The van der Waals surface area contributed by atoms with Crippen molar-refractivity contribution in [2.24, 2.45) is 0 Å². The number of quaternary nitrogens is 1. The Kier molecular flexibility index (Phi) is 41.9. The van der Waals surface area contributed by atoms with Crippen LogP contribution < -0.4 is 10.2 Å². The molecule has 0 rings (SSSR count). The Morgan fingerprint density at radius 1 is 0.571 bits per heavy atom. The maximum atomic E-state index is 12.9. The van der Waals surface area contributed by atoms with E-state index in [0.717, 1.165) is 109 Å². The molecule has 0 aliphatic rings. The summed E-state index contributed by atoms with van der Waals surface area (Å²) in [5, 5.41) is 13.7. The minimum atomic E-state index is -4.61. The van der Waals surface area contributed by atoms with Gasteiger partial charge in [0.15, 0.2) is 0 Å². The second-order valence-electron chi connectivity index (χ2n) is 17.1. The third kappa shape index (κ3) is 46.7. The van der Waals surface area contributed by atoms with Crippen LogP contribution in [0.1, 0.15) is 162 Å². The highest BCUT2D eigenvalue weighted by atomic mass is 31.2. The Hall–Kier alpha value is -3.10. The molecular formula is C54H91N2O6P. The number of hydrogen-bond acceptors (Lipinski definition) is 6. The lowest BCUT2D eigenvalue weighted by Gasteiger charge is -2.29. The monoisotopic (exact) mass is 895 g/mol. The van der Waals surface area contributed by atoms with Gasteiger partial charge in [0.2, 0.25) is 5.91 Å². The Morgan fingerprint density at radius 2 is 0.984 bits per heavy atom. The second-order valence-corrected chi connectivity index (χ2v) is 18.5. The summed E-state index contributed by atoms with van der Waals surface area (Å²) < 4.78 is 23.2. The summed E-state index contributed by atoms with van der Waals surface area (Å²) in [5.74, 6) is -0.231. The number of phosphoric ester groups is 1. The molecule has 9 heteroatoms. The first kappa shape index (κ1) is 59.9. The van der Waals surface area contributed by atoms with E-state index in [1.807, 2.05) is 27.2 Å². The average Bonchev–Trinajstić information content (AvgIpc) is 3.24. The minimum Gasteiger partial charge on any atom is -0.756 e. The van der Waals surface area contributed by atoms with Crippen molar-refractivity contribution in [2.45, 2.75) is 174 Å².